The van der Waals surface area contributed by atoms with Gasteiger partial charge in [0.1, 0.15) is 0 Å². The Morgan fingerprint density at radius 1 is 1.22 bits per heavy atom. The standard InChI is InChI=1S/C5H5.C4H4N.C3H6.2CH3.2ClH.Ti/c2*1-2-4-5-3-1;1-3-2;;;;;/h1-3H,4H2;1-3,5H;1-2H3;2*1H3;2*1H;/q2*-1;;2*-1;;;. The number of aromatic nitrogens is 1. The van der Waals surface area contributed by atoms with E-state index in [0.29, 0.717) is 0 Å². The van der Waals surface area contributed by atoms with E-state index >= 15 is 0 Å². The summed E-state index contributed by atoms with van der Waals surface area (Å²) in [4.78, 5) is 2.74. The van der Waals surface area contributed by atoms with E-state index < -0.39 is 0 Å². The van der Waals surface area contributed by atoms with E-state index in [4.69, 9.17) is 0 Å². The maximum atomic E-state index is 2.99. The normalized spacial score (nSPS) is 8.50. The molecule has 0 aromatic carbocycles. The van der Waals surface area contributed by atoms with Crippen molar-refractivity contribution in [3.05, 3.63) is 63.7 Å². The van der Waals surface area contributed by atoms with Crippen molar-refractivity contribution in [1.29, 1.82) is 0 Å². The van der Waals surface area contributed by atoms with Crippen molar-refractivity contribution in [2.24, 2.45) is 0 Å². The van der Waals surface area contributed by atoms with E-state index in [0.717, 1.165) is 6.42 Å². The van der Waals surface area contributed by atoms with E-state index in [-0.39, 0.29) is 39.7 Å². The summed E-state index contributed by atoms with van der Waals surface area (Å²) in [6, 6.07) is 3.71. The fraction of sp³-hybridized carbons (Fsp3) is 0.214. The van der Waals surface area contributed by atoms with Crippen LogP contribution in [0.1, 0.15) is 20.3 Å². The van der Waals surface area contributed by atoms with Gasteiger partial charge in [-0.1, -0.05) is 0 Å². The third-order valence-corrected chi connectivity index (χ3v) is 1.03. The number of aromatic amines is 1. The largest absolute Gasteiger partial charge is 0.484 e. The molecule has 1 nitrogen and oxygen atoms in total. The minimum atomic E-state index is 0. The number of nitrogens with one attached hydrogen (secondary N) is 1. The van der Waals surface area contributed by atoms with Crippen molar-refractivity contribution in [1.82, 2.24) is 4.98 Å². The first-order chi connectivity index (χ1) is 6.73. The molecular formula is C14H23Cl2NTi-4. The summed E-state index contributed by atoms with van der Waals surface area (Å²) in [5.74, 6) is 0. The predicted octanol–water partition coefficient (Wildman–Crippen LogP) is 4.61. The van der Waals surface area contributed by atoms with Gasteiger partial charge in [-0.05, 0) is 0 Å². The number of hydrogen-bond acceptors (Lipinski definition) is 0. The van der Waals surface area contributed by atoms with Crippen LogP contribution in [0.3, 0.4) is 0 Å². The minimum absolute atomic E-state index is 0. The number of halogens is 2. The summed E-state index contributed by atoms with van der Waals surface area (Å²) in [5, 5.41) is 0. The molecule has 2 rings (SSSR count). The Hall–Kier alpha value is -0.0757. The van der Waals surface area contributed by atoms with E-state index in [1.165, 1.54) is 3.81 Å². The van der Waals surface area contributed by atoms with Crippen molar-refractivity contribution in [2.45, 2.75) is 20.3 Å². The van der Waals surface area contributed by atoms with Crippen LogP contribution in [-0.2, 0) is 20.0 Å². The molecule has 1 aliphatic carbocycles. The maximum absolute atomic E-state index is 2.99. The fourth-order valence-corrected chi connectivity index (χ4v) is 0.581. The number of H-pyrrole nitrogens is 1. The van der Waals surface area contributed by atoms with E-state index in [1.807, 2.05) is 30.5 Å². The average molecular weight is 324 g/mol. The maximum Gasteiger partial charge on any atom is -0.108 e. The molecule has 1 aromatic heterocycles. The summed E-state index contributed by atoms with van der Waals surface area (Å²) < 4.78 is 1.42. The van der Waals surface area contributed by atoms with Gasteiger partial charge in [-0.15, -0.1) is 37.4 Å². The van der Waals surface area contributed by atoms with Crippen molar-refractivity contribution < 1.29 is 20.0 Å². The van der Waals surface area contributed by atoms with Crippen molar-refractivity contribution in [2.75, 3.05) is 0 Å². The molecule has 0 aliphatic heterocycles. The van der Waals surface area contributed by atoms with Gasteiger partial charge in [-0.25, -0.2) is 12.2 Å². The number of hydrogen-bond donors (Lipinski definition) is 1. The molecule has 0 bridgehead atoms. The zero-order chi connectivity index (χ0) is 10.6. The summed E-state index contributed by atoms with van der Waals surface area (Å²) >= 11 is 2.08. The molecule has 0 saturated carbocycles. The predicted molar refractivity (Wildman–Crippen MR) is 84.9 cm³/mol. The molecule has 0 fully saturated rings. The van der Waals surface area contributed by atoms with Gasteiger partial charge in [0.15, 0.2) is 0 Å². The van der Waals surface area contributed by atoms with E-state index in [1.54, 1.807) is 0 Å². The van der Waals surface area contributed by atoms with E-state index in [9.17, 15) is 0 Å². The minimum Gasteiger partial charge on any atom is -0.484 e. The Bertz CT molecular complexity index is 249. The Kier molecular flexibility index (Phi) is 43.9. The van der Waals surface area contributed by atoms with Crippen LogP contribution in [0.4, 0.5) is 0 Å². The van der Waals surface area contributed by atoms with Gasteiger partial charge in [0.05, 0.1) is 0 Å². The van der Waals surface area contributed by atoms with Crippen LogP contribution >= 0.6 is 24.8 Å². The zero-order valence-electron chi connectivity index (χ0n) is 11.5. The Morgan fingerprint density at radius 3 is 1.89 bits per heavy atom. The van der Waals surface area contributed by atoms with Gasteiger partial charge < -0.3 is 19.8 Å². The molecule has 106 valence electrons. The van der Waals surface area contributed by atoms with Crippen LogP contribution in [0.2, 0.25) is 0 Å². The molecule has 1 heterocycles. The molecule has 0 saturated heterocycles. The molecule has 18 heavy (non-hydrogen) atoms. The van der Waals surface area contributed by atoms with Gasteiger partial charge in [0.25, 0.3) is 0 Å². The molecule has 0 atom stereocenters. The Balaban J connectivity index is -0.0000000426. The second-order valence-electron chi connectivity index (χ2n) is 2.82. The molecule has 0 amide bonds. The molecular weight excluding hydrogens is 301 g/mol. The SMILES string of the molecule is C[C](C)=[Ti].Cl.Cl.[C-]1=CC=CC1.[CH3-].[CH3-].[c-]1ccc[nH]1. The van der Waals surface area contributed by atoms with Crippen LogP contribution in [0, 0.1) is 27.1 Å². The van der Waals surface area contributed by atoms with Gasteiger partial charge in [0.2, 0.25) is 0 Å². The molecule has 4 heteroatoms. The van der Waals surface area contributed by atoms with Crippen LogP contribution < -0.4 is 0 Å². The molecule has 0 radical (unpaired) electrons. The second kappa shape index (κ2) is 25.7. The Morgan fingerprint density at radius 2 is 1.78 bits per heavy atom. The molecule has 1 aliphatic rings. The second-order valence-corrected chi connectivity index (χ2v) is 4.38. The van der Waals surface area contributed by atoms with Gasteiger partial charge in [0, 0.05) is 0 Å². The molecule has 0 unspecified atom stereocenters. The first-order valence-electron chi connectivity index (χ1n) is 4.46. The van der Waals surface area contributed by atoms with Gasteiger partial charge in [-0.2, -0.15) is 24.4 Å². The smallest absolute Gasteiger partial charge is 0.108 e. The first-order valence-corrected chi connectivity index (χ1v) is 5.24. The molecule has 1 aromatic rings. The van der Waals surface area contributed by atoms with Gasteiger partial charge >= 0.3 is 37.6 Å². The molecule has 1 N–H and O–H groups in total. The van der Waals surface area contributed by atoms with Crippen molar-refractivity contribution in [3.8, 4) is 0 Å². The van der Waals surface area contributed by atoms with E-state index in [2.05, 4.69) is 57.2 Å². The topological polar surface area (TPSA) is 15.8 Å². The fourth-order valence-electron chi connectivity index (χ4n) is 0.581. The first kappa shape index (κ1) is 30.7. The third-order valence-electron chi connectivity index (χ3n) is 1.03. The van der Waals surface area contributed by atoms with Gasteiger partial charge in [-0.3, -0.25) is 6.08 Å². The summed E-state index contributed by atoms with van der Waals surface area (Å²) in [7, 11) is 0. The van der Waals surface area contributed by atoms with Crippen molar-refractivity contribution in [3.63, 3.8) is 0 Å². The van der Waals surface area contributed by atoms with Crippen LogP contribution in [0.15, 0.2) is 36.6 Å². The monoisotopic (exact) mass is 323 g/mol. The molecule has 0 spiro atoms. The third kappa shape index (κ3) is 36.0. The summed E-state index contributed by atoms with van der Waals surface area (Å²) in [6.07, 6.45) is 14.6. The van der Waals surface area contributed by atoms with Crippen LogP contribution in [0.25, 0.3) is 0 Å². The summed E-state index contributed by atoms with van der Waals surface area (Å²) in [6.45, 7) is 4.17. The Labute approximate surface area is 137 Å². The zero-order valence-corrected chi connectivity index (χ0v) is 14.7. The summed E-state index contributed by atoms with van der Waals surface area (Å²) in [5.41, 5.74) is 0. The van der Waals surface area contributed by atoms with Crippen molar-refractivity contribution >= 4 is 28.6 Å². The van der Waals surface area contributed by atoms with Crippen LogP contribution in [-0.4, -0.2) is 8.80 Å². The number of rotatable bonds is 0. The number of allylic oxidation sites excluding steroid dienone is 4. The average Bonchev–Trinajstić information content (AvgIpc) is 2.83. The quantitative estimate of drug-likeness (QED) is 0.530. The van der Waals surface area contributed by atoms with Crippen LogP contribution in [0.5, 0.6) is 0 Å².